The van der Waals surface area contributed by atoms with Gasteiger partial charge < -0.3 is 14.7 Å². The minimum absolute atomic E-state index is 0.185. The van der Waals surface area contributed by atoms with E-state index in [-0.39, 0.29) is 25.3 Å². The number of hydrogen-bond acceptors (Lipinski definition) is 3. The van der Waals surface area contributed by atoms with E-state index in [4.69, 9.17) is 4.74 Å². The zero-order chi connectivity index (χ0) is 20.9. The molecule has 4 rings (SSSR count). The first-order chi connectivity index (χ1) is 14.6. The molecule has 0 bridgehead atoms. The lowest BCUT2D eigenvalue weighted by Gasteiger charge is -2.35. The number of nitrogens with zero attached hydrogens (tertiary/aromatic N) is 1. The van der Waals surface area contributed by atoms with Crippen LogP contribution in [-0.4, -0.2) is 27.9 Å². The summed E-state index contributed by atoms with van der Waals surface area (Å²) in [7, 11) is 0. The molecular weight excluding hydrogens is 378 g/mol. The number of benzene rings is 3. The van der Waals surface area contributed by atoms with Gasteiger partial charge in [-0.1, -0.05) is 72.8 Å². The summed E-state index contributed by atoms with van der Waals surface area (Å²) in [4.78, 5) is 26.4. The molecule has 1 atom stereocenters. The van der Waals surface area contributed by atoms with Crippen LogP contribution in [0.4, 0.5) is 0 Å². The van der Waals surface area contributed by atoms with Gasteiger partial charge in [-0.15, -0.1) is 0 Å². The molecule has 5 nitrogen and oxygen atoms in total. The molecule has 1 aliphatic rings. The van der Waals surface area contributed by atoms with Gasteiger partial charge >= 0.3 is 5.97 Å². The third-order valence-corrected chi connectivity index (χ3v) is 5.39. The molecule has 0 aromatic heterocycles. The van der Waals surface area contributed by atoms with Crippen molar-refractivity contribution < 1.29 is 19.4 Å². The van der Waals surface area contributed by atoms with Gasteiger partial charge in [0.05, 0.1) is 6.42 Å². The van der Waals surface area contributed by atoms with E-state index in [1.807, 2.05) is 78.9 Å². The van der Waals surface area contributed by atoms with Crippen LogP contribution in [0.1, 0.15) is 22.3 Å². The topological polar surface area (TPSA) is 66.8 Å². The lowest BCUT2D eigenvalue weighted by atomic mass is 9.92. The summed E-state index contributed by atoms with van der Waals surface area (Å²) < 4.78 is 6.01. The third kappa shape index (κ3) is 4.35. The number of amides is 1. The van der Waals surface area contributed by atoms with Crippen molar-refractivity contribution in [1.82, 2.24) is 4.90 Å². The highest BCUT2D eigenvalue weighted by Crippen LogP contribution is 2.32. The Hall–Kier alpha value is -3.60. The van der Waals surface area contributed by atoms with Crippen LogP contribution in [0.25, 0.3) is 0 Å². The standard InChI is InChI=1S/C25H23NO4/c27-24(14-18-8-3-1-4-9-18)26-16-20-12-7-13-23(21(20)15-22(26)25(28)29)30-17-19-10-5-2-6-11-19/h1-13,22H,14-17H2,(H,28,29). The molecule has 1 N–H and O–H groups in total. The maximum Gasteiger partial charge on any atom is 0.326 e. The molecule has 1 amide bonds. The Kier molecular flexibility index (Phi) is 5.80. The van der Waals surface area contributed by atoms with Crippen LogP contribution in [0.5, 0.6) is 5.75 Å². The number of carboxylic acid groups (broad SMARTS) is 1. The van der Waals surface area contributed by atoms with Crippen molar-refractivity contribution in [3.63, 3.8) is 0 Å². The molecule has 1 heterocycles. The van der Waals surface area contributed by atoms with Crippen molar-refractivity contribution in [2.24, 2.45) is 0 Å². The minimum atomic E-state index is -1.00. The van der Waals surface area contributed by atoms with Gasteiger partial charge in [-0.2, -0.15) is 0 Å². The second-order valence-corrected chi connectivity index (χ2v) is 7.41. The fraction of sp³-hybridized carbons (Fsp3) is 0.200. The molecule has 152 valence electrons. The van der Waals surface area contributed by atoms with Crippen molar-refractivity contribution in [2.75, 3.05) is 0 Å². The summed E-state index contributed by atoms with van der Waals surface area (Å²) >= 11 is 0. The Labute approximate surface area is 175 Å². The van der Waals surface area contributed by atoms with E-state index in [9.17, 15) is 14.7 Å². The molecule has 0 fully saturated rings. The molecular formula is C25H23NO4. The first-order valence-corrected chi connectivity index (χ1v) is 9.95. The summed E-state index contributed by atoms with van der Waals surface area (Å²) in [6.45, 7) is 0.673. The van der Waals surface area contributed by atoms with Crippen LogP contribution in [0, 0.1) is 0 Å². The summed E-state index contributed by atoms with van der Waals surface area (Å²) in [5, 5.41) is 9.81. The van der Waals surface area contributed by atoms with Gasteiger partial charge in [-0.3, -0.25) is 4.79 Å². The SMILES string of the molecule is O=C(O)C1Cc2c(cccc2OCc2ccccc2)CN1C(=O)Cc1ccccc1. The van der Waals surface area contributed by atoms with Crippen LogP contribution in [0.15, 0.2) is 78.9 Å². The Morgan fingerprint density at radius 3 is 2.23 bits per heavy atom. The summed E-state index contributed by atoms with van der Waals surface area (Å²) in [6.07, 6.45) is 0.417. The highest BCUT2D eigenvalue weighted by molar-refractivity contribution is 5.86. The molecule has 1 aliphatic heterocycles. The second kappa shape index (κ2) is 8.82. The molecule has 0 aliphatic carbocycles. The summed E-state index contributed by atoms with van der Waals surface area (Å²) in [5.41, 5.74) is 3.71. The zero-order valence-corrected chi connectivity index (χ0v) is 16.5. The van der Waals surface area contributed by atoms with E-state index in [1.165, 1.54) is 4.90 Å². The summed E-state index contributed by atoms with van der Waals surface area (Å²) in [5.74, 6) is -0.507. The van der Waals surface area contributed by atoms with E-state index >= 15 is 0 Å². The first kappa shape index (κ1) is 19.7. The Balaban J connectivity index is 1.55. The Bertz CT molecular complexity index is 1030. The molecule has 0 saturated carbocycles. The van der Waals surface area contributed by atoms with Gasteiger partial charge in [-0.05, 0) is 22.8 Å². The van der Waals surface area contributed by atoms with Crippen LogP contribution in [0.3, 0.4) is 0 Å². The number of aliphatic carboxylic acids is 1. The third-order valence-electron chi connectivity index (χ3n) is 5.39. The van der Waals surface area contributed by atoms with Crippen molar-refractivity contribution in [3.05, 3.63) is 101 Å². The molecule has 5 heteroatoms. The quantitative estimate of drug-likeness (QED) is 0.681. The van der Waals surface area contributed by atoms with E-state index in [2.05, 4.69) is 0 Å². The number of carboxylic acids is 1. The molecule has 0 saturated heterocycles. The summed E-state index contributed by atoms with van der Waals surface area (Å²) in [6, 6.07) is 24.0. The van der Waals surface area contributed by atoms with Gasteiger partial charge in [0, 0.05) is 18.5 Å². The predicted molar refractivity (Wildman–Crippen MR) is 113 cm³/mol. The molecule has 3 aromatic carbocycles. The number of carbonyl (C=O) groups is 2. The van der Waals surface area contributed by atoms with Crippen LogP contribution >= 0.6 is 0 Å². The average molecular weight is 401 g/mol. The van der Waals surface area contributed by atoms with Crippen molar-refractivity contribution >= 4 is 11.9 Å². The molecule has 0 spiro atoms. The number of ether oxygens (including phenoxy) is 1. The Morgan fingerprint density at radius 1 is 0.900 bits per heavy atom. The smallest absolute Gasteiger partial charge is 0.326 e. The molecule has 3 aromatic rings. The van der Waals surface area contributed by atoms with E-state index in [0.29, 0.717) is 12.4 Å². The zero-order valence-electron chi connectivity index (χ0n) is 16.5. The van der Waals surface area contributed by atoms with Crippen molar-refractivity contribution in [1.29, 1.82) is 0 Å². The monoisotopic (exact) mass is 401 g/mol. The highest BCUT2D eigenvalue weighted by atomic mass is 16.5. The molecule has 1 unspecified atom stereocenters. The highest BCUT2D eigenvalue weighted by Gasteiger charge is 2.35. The largest absolute Gasteiger partial charge is 0.489 e. The number of fused-ring (bicyclic) bond motifs is 1. The lowest BCUT2D eigenvalue weighted by Crippen LogP contribution is -2.49. The van der Waals surface area contributed by atoms with Crippen molar-refractivity contribution in [2.45, 2.75) is 32.0 Å². The van der Waals surface area contributed by atoms with Gasteiger partial charge in [0.1, 0.15) is 18.4 Å². The maximum absolute atomic E-state index is 12.9. The van der Waals surface area contributed by atoms with Gasteiger partial charge in [0.15, 0.2) is 0 Å². The van der Waals surface area contributed by atoms with Crippen LogP contribution in [0.2, 0.25) is 0 Å². The van der Waals surface area contributed by atoms with E-state index in [0.717, 1.165) is 22.3 Å². The maximum atomic E-state index is 12.9. The second-order valence-electron chi connectivity index (χ2n) is 7.41. The normalized spacial score (nSPS) is 15.3. The van der Waals surface area contributed by atoms with E-state index < -0.39 is 12.0 Å². The van der Waals surface area contributed by atoms with Gasteiger partial charge in [0.2, 0.25) is 5.91 Å². The predicted octanol–water partition coefficient (Wildman–Crippen LogP) is 3.85. The first-order valence-electron chi connectivity index (χ1n) is 9.95. The van der Waals surface area contributed by atoms with Gasteiger partial charge in [0.25, 0.3) is 0 Å². The lowest BCUT2D eigenvalue weighted by molar-refractivity contribution is -0.151. The fourth-order valence-corrected chi connectivity index (χ4v) is 3.81. The number of hydrogen-bond donors (Lipinski definition) is 1. The Morgan fingerprint density at radius 2 is 1.57 bits per heavy atom. The molecule has 30 heavy (non-hydrogen) atoms. The van der Waals surface area contributed by atoms with Crippen LogP contribution < -0.4 is 4.74 Å². The average Bonchev–Trinajstić information content (AvgIpc) is 2.78. The van der Waals surface area contributed by atoms with Crippen LogP contribution in [-0.2, 0) is 35.6 Å². The van der Waals surface area contributed by atoms with Gasteiger partial charge in [-0.25, -0.2) is 4.79 Å². The minimum Gasteiger partial charge on any atom is -0.489 e. The van der Waals surface area contributed by atoms with Crippen molar-refractivity contribution in [3.8, 4) is 5.75 Å². The number of carbonyl (C=O) groups excluding carboxylic acids is 1. The van der Waals surface area contributed by atoms with E-state index in [1.54, 1.807) is 0 Å². The molecule has 0 radical (unpaired) electrons. The number of rotatable bonds is 6. The fourth-order valence-electron chi connectivity index (χ4n) is 3.81.